The predicted molar refractivity (Wildman–Crippen MR) is 128 cm³/mol. The van der Waals surface area contributed by atoms with Gasteiger partial charge in [0.05, 0.1) is 11.1 Å². The molecule has 174 valence electrons. The van der Waals surface area contributed by atoms with E-state index >= 15 is 0 Å². The van der Waals surface area contributed by atoms with E-state index in [9.17, 15) is 19.5 Å². The van der Waals surface area contributed by atoms with Gasteiger partial charge in [-0.1, -0.05) is 36.9 Å². The van der Waals surface area contributed by atoms with Crippen molar-refractivity contribution in [2.45, 2.75) is 13.5 Å². The number of Topliss-reactive ketones (excluding diaryl/α,β-unsaturated/α-hetero) is 1. The second-order valence-corrected chi connectivity index (χ2v) is 7.86. The summed E-state index contributed by atoms with van der Waals surface area (Å²) in [5.74, 6) is -1.23. The highest BCUT2D eigenvalue weighted by molar-refractivity contribution is 6.50. The van der Waals surface area contributed by atoms with Gasteiger partial charge in [0, 0.05) is 50.7 Å². The number of rotatable bonds is 7. The van der Waals surface area contributed by atoms with E-state index in [1.165, 1.54) is 12.4 Å². The number of allylic oxidation sites excluding steroid dienone is 1. The number of nitrogens with zero attached hydrogens (tertiary/aromatic N) is 5. The van der Waals surface area contributed by atoms with Crippen molar-refractivity contribution in [3.63, 3.8) is 0 Å². The molecule has 1 aliphatic rings. The molecule has 2 aromatic heterocycles. The van der Waals surface area contributed by atoms with Gasteiger partial charge in [0.1, 0.15) is 16.9 Å². The molecular weight excluding hydrogens is 436 g/mol. The number of aromatic nitrogens is 3. The standard InChI is InChI=1S/C24H24N6O4/c1-3-28-14-18(23(33)34)21(32)17-13-26-24(27-22(17)28)30-11-9-29(10-12-30)15(2)19(25)20(31)16-7-5-4-6-8-16/h4-8,13-14,25H,2-3,9-12H2,1H3,(H,33,34). The van der Waals surface area contributed by atoms with Gasteiger partial charge in [-0.2, -0.15) is 4.98 Å². The Labute approximate surface area is 195 Å². The van der Waals surface area contributed by atoms with E-state index in [1.54, 1.807) is 28.8 Å². The lowest BCUT2D eigenvalue weighted by Crippen LogP contribution is -2.48. The SMILES string of the molecule is C=C(C(=N)C(=O)c1ccccc1)N1CCN(c2ncc3c(=O)c(C(=O)O)cn(CC)c3n2)CC1. The Kier molecular flexibility index (Phi) is 6.22. The molecule has 0 atom stereocenters. The van der Waals surface area contributed by atoms with Crippen molar-refractivity contribution in [3.8, 4) is 0 Å². The van der Waals surface area contributed by atoms with E-state index in [0.717, 1.165) is 0 Å². The van der Waals surface area contributed by atoms with Crippen molar-refractivity contribution in [2.24, 2.45) is 0 Å². The topological polar surface area (TPSA) is 132 Å². The molecule has 0 spiro atoms. The summed E-state index contributed by atoms with van der Waals surface area (Å²) in [5, 5.41) is 17.7. The van der Waals surface area contributed by atoms with Gasteiger partial charge in [-0.25, -0.2) is 9.78 Å². The first-order chi connectivity index (χ1) is 16.3. The zero-order valence-electron chi connectivity index (χ0n) is 18.7. The van der Waals surface area contributed by atoms with Crippen molar-refractivity contribution in [1.29, 1.82) is 5.41 Å². The third-order valence-electron chi connectivity index (χ3n) is 5.87. The fourth-order valence-electron chi connectivity index (χ4n) is 3.91. The van der Waals surface area contributed by atoms with Crippen LogP contribution in [0.1, 0.15) is 27.6 Å². The van der Waals surface area contributed by atoms with Gasteiger partial charge < -0.3 is 19.5 Å². The first-order valence-corrected chi connectivity index (χ1v) is 10.8. The third-order valence-corrected chi connectivity index (χ3v) is 5.87. The Balaban J connectivity index is 1.50. The lowest BCUT2D eigenvalue weighted by Gasteiger charge is -2.36. The van der Waals surface area contributed by atoms with E-state index in [1.807, 2.05) is 22.8 Å². The number of hydrogen-bond donors (Lipinski definition) is 2. The van der Waals surface area contributed by atoms with Crippen LogP contribution in [-0.4, -0.2) is 68.2 Å². The molecule has 0 saturated carbocycles. The van der Waals surface area contributed by atoms with E-state index in [-0.39, 0.29) is 22.4 Å². The average molecular weight is 460 g/mol. The molecule has 3 aromatic rings. The summed E-state index contributed by atoms with van der Waals surface area (Å²) >= 11 is 0. The maximum atomic E-state index is 12.6. The number of carboxylic acid groups (broad SMARTS) is 1. The molecule has 0 radical (unpaired) electrons. The highest BCUT2D eigenvalue weighted by Gasteiger charge is 2.25. The zero-order chi connectivity index (χ0) is 24.4. The number of aromatic carboxylic acids is 1. The average Bonchev–Trinajstić information content (AvgIpc) is 2.87. The van der Waals surface area contributed by atoms with Crippen LogP contribution >= 0.6 is 0 Å². The Hall–Kier alpha value is -4.34. The summed E-state index contributed by atoms with van der Waals surface area (Å²) < 4.78 is 1.62. The zero-order valence-corrected chi connectivity index (χ0v) is 18.7. The molecule has 0 unspecified atom stereocenters. The van der Waals surface area contributed by atoms with Crippen LogP contribution in [0.3, 0.4) is 0 Å². The Morgan fingerprint density at radius 1 is 1.15 bits per heavy atom. The molecule has 2 N–H and O–H groups in total. The van der Waals surface area contributed by atoms with Crippen molar-refractivity contribution < 1.29 is 14.7 Å². The van der Waals surface area contributed by atoms with Crippen molar-refractivity contribution in [2.75, 3.05) is 31.1 Å². The molecule has 1 saturated heterocycles. The molecule has 1 fully saturated rings. The highest BCUT2D eigenvalue weighted by Crippen LogP contribution is 2.18. The van der Waals surface area contributed by atoms with Gasteiger partial charge in [-0.3, -0.25) is 15.0 Å². The molecule has 3 heterocycles. The number of pyridine rings is 1. The Bertz CT molecular complexity index is 1360. The number of nitrogens with one attached hydrogen (secondary N) is 1. The third kappa shape index (κ3) is 4.17. The number of benzene rings is 1. The van der Waals surface area contributed by atoms with Gasteiger partial charge in [-0.15, -0.1) is 0 Å². The molecule has 34 heavy (non-hydrogen) atoms. The monoisotopic (exact) mass is 460 g/mol. The Morgan fingerprint density at radius 2 is 1.82 bits per heavy atom. The van der Waals surface area contributed by atoms with Crippen LogP contribution in [-0.2, 0) is 6.54 Å². The van der Waals surface area contributed by atoms with Crippen LogP contribution in [0.25, 0.3) is 11.0 Å². The molecule has 10 nitrogen and oxygen atoms in total. The second kappa shape index (κ2) is 9.26. The van der Waals surface area contributed by atoms with Crippen molar-refractivity contribution >= 4 is 34.4 Å². The predicted octanol–water partition coefficient (Wildman–Crippen LogP) is 2.05. The number of aryl methyl sites for hydroxylation is 1. The van der Waals surface area contributed by atoms with Crippen molar-refractivity contribution in [3.05, 3.63) is 76.4 Å². The summed E-state index contributed by atoms with van der Waals surface area (Å²) in [5.41, 5.74) is 0.137. The fourth-order valence-corrected chi connectivity index (χ4v) is 3.91. The van der Waals surface area contributed by atoms with Gasteiger partial charge >= 0.3 is 5.97 Å². The van der Waals surface area contributed by atoms with E-state index in [4.69, 9.17) is 5.41 Å². The van der Waals surface area contributed by atoms with E-state index < -0.39 is 11.4 Å². The van der Waals surface area contributed by atoms with Gasteiger partial charge in [-0.05, 0) is 6.92 Å². The molecule has 10 heteroatoms. The number of carbonyl (C=O) groups is 2. The lowest BCUT2D eigenvalue weighted by molar-refractivity contribution is 0.0694. The minimum Gasteiger partial charge on any atom is -0.477 e. The molecule has 0 bridgehead atoms. The van der Waals surface area contributed by atoms with E-state index in [2.05, 4.69) is 16.5 Å². The second-order valence-electron chi connectivity index (χ2n) is 7.86. The van der Waals surface area contributed by atoms with Gasteiger partial charge in [0.2, 0.25) is 17.2 Å². The first kappa shape index (κ1) is 22.8. The van der Waals surface area contributed by atoms with Gasteiger partial charge in [0.15, 0.2) is 0 Å². The summed E-state index contributed by atoms with van der Waals surface area (Å²) in [4.78, 5) is 49.2. The van der Waals surface area contributed by atoms with Crippen LogP contribution in [0.4, 0.5) is 5.95 Å². The van der Waals surface area contributed by atoms with Gasteiger partial charge in [0.25, 0.3) is 0 Å². The van der Waals surface area contributed by atoms with E-state index in [0.29, 0.717) is 55.6 Å². The maximum absolute atomic E-state index is 12.6. The number of carbonyl (C=O) groups excluding carboxylic acids is 1. The lowest BCUT2D eigenvalue weighted by atomic mass is 10.0. The summed E-state index contributed by atoms with van der Waals surface area (Å²) in [6, 6.07) is 8.68. The Morgan fingerprint density at radius 3 is 2.44 bits per heavy atom. The molecule has 0 aliphatic carbocycles. The number of carboxylic acids is 1. The van der Waals surface area contributed by atoms with Crippen LogP contribution in [0, 0.1) is 5.41 Å². The summed E-state index contributed by atoms with van der Waals surface area (Å²) in [6.07, 6.45) is 2.68. The summed E-state index contributed by atoms with van der Waals surface area (Å²) in [6.45, 7) is 8.34. The van der Waals surface area contributed by atoms with Crippen LogP contribution in [0.2, 0.25) is 0 Å². The fraction of sp³-hybridized carbons (Fsp3) is 0.250. The van der Waals surface area contributed by atoms with Crippen LogP contribution in [0.5, 0.6) is 0 Å². The highest BCUT2D eigenvalue weighted by atomic mass is 16.4. The number of anilines is 1. The van der Waals surface area contributed by atoms with Crippen molar-refractivity contribution in [1.82, 2.24) is 19.4 Å². The largest absolute Gasteiger partial charge is 0.477 e. The molecule has 1 aliphatic heterocycles. The first-order valence-electron chi connectivity index (χ1n) is 10.8. The quantitative estimate of drug-likeness (QED) is 0.404. The summed E-state index contributed by atoms with van der Waals surface area (Å²) in [7, 11) is 0. The minimum absolute atomic E-state index is 0.136. The smallest absolute Gasteiger partial charge is 0.341 e. The molecule has 0 amide bonds. The van der Waals surface area contributed by atoms with Crippen LogP contribution in [0.15, 0.2) is 59.8 Å². The molecular formula is C24H24N6O4. The normalized spacial score (nSPS) is 13.7. The number of hydrogen-bond acceptors (Lipinski definition) is 8. The van der Waals surface area contributed by atoms with Crippen LogP contribution < -0.4 is 10.3 Å². The number of ketones is 1. The number of piperazine rings is 1. The minimum atomic E-state index is -1.29. The molecule has 1 aromatic carbocycles. The number of fused-ring (bicyclic) bond motifs is 1. The maximum Gasteiger partial charge on any atom is 0.341 e. The molecule has 4 rings (SSSR count).